The number of hydrogen-bond acceptors (Lipinski definition) is 4. The lowest BCUT2D eigenvalue weighted by Gasteiger charge is -2.20. The number of carbonyl (C=O) groups excluding carboxylic acids is 1. The molecule has 0 aliphatic rings. The molecule has 0 spiro atoms. The first-order valence-electron chi connectivity index (χ1n) is 17.9. The molecule has 0 saturated carbocycles. The minimum Gasteiger partial charge on any atom is -0.394 e. The van der Waals surface area contributed by atoms with Gasteiger partial charge in [0.15, 0.2) is 0 Å². The zero-order valence-electron chi connectivity index (χ0n) is 28.1. The molecule has 0 saturated heterocycles. The SMILES string of the molecule is CCC/C=C/CC/C=C/CC/C=C/C(O)C(CO)NC(=O)CC(O)CCCCCCC/C=C\CCCCCCCCCC. The molecule has 1 amide bonds. The lowest BCUT2D eigenvalue weighted by Crippen LogP contribution is -2.45. The Hall–Kier alpha value is -1.69. The highest BCUT2D eigenvalue weighted by Crippen LogP contribution is 2.13. The summed E-state index contributed by atoms with van der Waals surface area (Å²) in [6.07, 6.45) is 40.9. The fourth-order valence-corrected chi connectivity index (χ4v) is 5.02. The molecule has 0 fully saturated rings. The predicted octanol–water partition coefficient (Wildman–Crippen LogP) is 9.42. The van der Waals surface area contributed by atoms with Crippen LogP contribution in [-0.2, 0) is 4.79 Å². The van der Waals surface area contributed by atoms with Crippen LogP contribution in [-0.4, -0.2) is 46.1 Å². The lowest BCUT2D eigenvalue weighted by molar-refractivity contribution is -0.124. The molecule has 0 rings (SSSR count). The maximum Gasteiger partial charge on any atom is 0.222 e. The second-order valence-corrected chi connectivity index (χ2v) is 12.1. The van der Waals surface area contributed by atoms with Gasteiger partial charge in [-0.05, 0) is 64.2 Å². The lowest BCUT2D eigenvalue weighted by atomic mass is 10.0. The van der Waals surface area contributed by atoms with Gasteiger partial charge in [0.1, 0.15) is 0 Å². The Morgan fingerprint density at radius 2 is 1.05 bits per heavy atom. The van der Waals surface area contributed by atoms with Gasteiger partial charge in [-0.2, -0.15) is 0 Å². The number of unbranched alkanes of at least 4 members (excludes halogenated alkanes) is 16. The van der Waals surface area contributed by atoms with Crippen molar-refractivity contribution in [2.75, 3.05) is 6.61 Å². The topological polar surface area (TPSA) is 89.8 Å². The summed E-state index contributed by atoms with van der Waals surface area (Å²) in [5.41, 5.74) is 0. The average molecular weight is 604 g/mol. The summed E-state index contributed by atoms with van der Waals surface area (Å²) < 4.78 is 0. The Bertz CT molecular complexity index is 715. The van der Waals surface area contributed by atoms with E-state index in [9.17, 15) is 20.1 Å². The quantitative estimate of drug-likeness (QED) is 0.0469. The van der Waals surface area contributed by atoms with Gasteiger partial charge in [-0.3, -0.25) is 4.79 Å². The van der Waals surface area contributed by atoms with Crippen molar-refractivity contribution < 1.29 is 20.1 Å². The van der Waals surface area contributed by atoms with E-state index in [1.807, 2.05) is 6.08 Å². The van der Waals surface area contributed by atoms with Gasteiger partial charge >= 0.3 is 0 Å². The molecule has 3 atom stereocenters. The molecule has 250 valence electrons. The predicted molar refractivity (Wildman–Crippen MR) is 185 cm³/mol. The zero-order chi connectivity index (χ0) is 31.6. The second-order valence-electron chi connectivity index (χ2n) is 12.1. The summed E-state index contributed by atoms with van der Waals surface area (Å²) in [7, 11) is 0. The maximum absolute atomic E-state index is 12.3. The summed E-state index contributed by atoms with van der Waals surface area (Å²) in [4.78, 5) is 12.3. The first-order chi connectivity index (χ1) is 21.0. The van der Waals surface area contributed by atoms with Crippen molar-refractivity contribution in [3.63, 3.8) is 0 Å². The van der Waals surface area contributed by atoms with Gasteiger partial charge in [-0.1, -0.05) is 140 Å². The molecule has 0 aliphatic heterocycles. The fraction of sp³-hybridized carbons (Fsp3) is 0.763. The number of aliphatic hydroxyl groups excluding tert-OH is 3. The minimum atomic E-state index is -0.960. The molecule has 3 unspecified atom stereocenters. The molecule has 0 aromatic carbocycles. The molecule has 0 bridgehead atoms. The monoisotopic (exact) mass is 604 g/mol. The van der Waals surface area contributed by atoms with E-state index in [1.54, 1.807) is 6.08 Å². The molecule has 5 heteroatoms. The van der Waals surface area contributed by atoms with Crippen molar-refractivity contribution in [2.45, 2.75) is 180 Å². The van der Waals surface area contributed by atoms with Crippen molar-refractivity contribution in [3.8, 4) is 0 Å². The summed E-state index contributed by atoms with van der Waals surface area (Å²) in [5.74, 6) is -0.339. The van der Waals surface area contributed by atoms with Crippen LogP contribution in [0.4, 0.5) is 0 Å². The van der Waals surface area contributed by atoms with Crippen LogP contribution in [0.3, 0.4) is 0 Å². The van der Waals surface area contributed by atoms with Crippen molar-refractivity contribution in [2.24, 2.45) is 0 Å². The van der Waals surface area contributed by atoms with Crippen LogP contribution in [0.2, 0.25) is 0 Å². The van der Waals surface area contributed by atoms with Gasteiger partial charge in [0.2, 0.25) is 5.91 Å². The van der Waals surface area contributed by atoms with E-state index in [2.05, 4.69) is 55.6 Å². The van der Waals surface area contributed by atoms with E-state index in [0.29, 0.717) is 6.42 Å². The first-order valence-corrected chi connectivity index (χ1v) is 17.9. The van der Waals surface area contributed by atoms with Crippen LogP contribution in [0.25, 0.3) is 0 Å². The zero-order valence-corrected chi connectivity index (χ0v) is 28.1. The average Bonchev–Trinajstić information content (AvgIpc) is 3.00. The third-order valence-corrected chi connectivity index (χ3v) is 7.80. The highest BCUT2D eigenvalue weighted by molar-refractivity contribution is 5.76. The van der Waals surface area contributed by atoms with E-state index in [0.717, 1.165) is 57.8 Å². The van der Waals surface area contributed by atoms with E-state index < -0.39 is 18.2 Å². The van der Waals surface area contributed by atoms with Crippen LogP contribution in [0.5, 0.6) is 0 Å². The third kappa shape index (κ3) is 30.1. The number of amides is 1. The van der Waals surface area contributed by atoms with Crippen LogP contribution in [0.1, 0.15) is 162 Å². The molecule has 0 aromatic rings. The summed E-state index contributed by atoms with van der Waals surface area (Å²) in [6, 6.07) is -0.768. The van der Waals surface area contributed by atoms with Gasteiger partial charge in [-0.25, -0.2) is 0 Å². The van der Waals surface area contributed by atoms with E-state index in [4.69, 9.17) is 0 Å². The Morgan fingerprint density at radius 3 is 1.58 bits per heavy atom. The van der Waals surface area contributed by atoms with Crippen molar-refractivity contribution >= 4 is 5.91 Å². The minimum absolute atomic E-state index is 0.00495. The maximum atomic E-state index is 12.3. The Balaban J connectivity index is 3.79. The molecule has 4 N–H and O–H groups in total. The fourth-order valence-electron chi connectivity index (χ4n) is 5.02. The van der Waals surface area contributed by atoms with Gasteiger partial charge in [0, 0.05) is 0 Å². The molecule has 0 heterocycles. The van der Waals surface area contributed by atoms with Crippen LogP contribution in [0.15, 0.2) is 48.6 Å². The second kappa shape index (κ2) is 33.2. The Labute approximate surface area is 266 Å². The Morgan fingerprint density at radius 1 is 0.581 bits per heavy atom. The smallest absolute Gasteiger partial charge is 0.222 e. The summed E-state index contributed by atoms with van der Waals surface area (Å²) in [6.45, 7) is 4.09. The summed E-state index contributed by atoms with van der Waals surface area (Å²) >= 11 is 0. The number of nitrogens with one attached hydrogen (secondary N) is 1. The van der Waals surface area contributed by atoms with Crippen molar-refractivity contribution in [1.82, 2.24) is 5.32 Å². The number of aliphatic hydroxyl groups is 3. The van der Waals surface area contributed by atoms with Crippen LogP contribution >= 0.6 is 0 Å². The van der Waals surface area contributed by atoms with E-state index in [-0.39, 0.29) is 18.9 Å². The molecule has 5 nitrogen and oxygen atoms in total. The van der Waals surface area contributed by atoms with Gasteiger partial charge in [0.25, 0.3) is 0 Å². The van der Waals surface area contributed by atoms with Gasteiger partial charge in [0.05, 0.1) is 31.3 Å². The normalized spacial score (nSPS) is 14.4. The standard InChI is InChI=1S/C38H69NO4/c1-3-5-7-9-11-13-15-16-17-18-19-20-22-23-25-27-29-31-35(41)33-38(43)39-36(34-40)37(42)32-30-28-26-24-21-14-12-10-8-6-4-2/h8,10,18-19,21,24,30,32,35-37,40-42H,3-7,9,11-17,20,22-23,25-29,31,33-34H2,1-2H3,(H,39,43)/b10-8+,19-18-,24-21+,32-30+. The first kappa shape index (κ1) is 41.3. The van der Waals surface area contributed by atoms with Crippen LogP contribution in [0, 0.1) is 0 Å². The molecular formula is C38H69NO4. The highest BCUT2D eigenvalue weighted by Gasteiger charge is 2.20. The third-order valence-electron chi connectivity index (χ3n) is 7.80. The molecule has 0 aliphatic carbocycles. The molecular weight excluding hydrogens is 534 g/mol. The largest absolute Gasteiger partial charge is 0.394 e. The van der Waals surface area contributed by atoms with E-state index in [1.165, 1.54) is 77.0 Å². The number of rotatable bonds is 31. The van der Waals surface area contributed by atoms with Crippen molar-refractivity contribution in [1.29, 1.82) is 0 Å². The molecule has 0 radical (unpaired) electrons. The van der Waals surface area contributed by atoms with Gasteiger partial charge < -0.3 is 20.6 Å². The van der Waals surface area contributed by atoms with Gasteiger partial charge in [-0.15, -0.1) is 0 Å². The number of hydrogen-bond donors (Lipinski definition) is 4. The molecule has 0 aromatic heterocycles. The Kier molecular flexibility index (Phi) is 31.9. The summed E-state index contributed by atoms with van der Waals surface area (Å²) in [5, 5.41) is 32.9. The number of allylic oxidation sites excluding steroid dienone is 7. The molecule has 43 heavy (non-hydrogen) atoms. The van der Waals surface area contributed by atoms with Crippen molar-refractivity contribution in [3.05, 3.63) is 48.6 Å². The number of carbonyl (C=O) groups is 1. The van der Waals surface area contributed by atoms with E-state index >= 15 is 0 Å². The highest BCUT2D eigenvalue weighted by atomic mass is 16.3. The van der Waals surface area contributed by atoms with Crippen LogP contribution < -0.4 is 5.32 Å².